The van der Waals surface area contributed by atoms with Crippen LogP contribution in [-0.2, 0) is 9.53 Å². The number of hydrazine groups is 1. The lowest BCUT2D eigenvalue weighted by molar-refractivity contribution is -0.115. The number of nitrogens with one attached hydrogen (secondary N) is 1. The fourth-order valence-electron chi connectivity index (χ4n) is 4.68. The highest BCUT2D eigenvalue weighted by atomic mass is 16.6. The molecule has 35 heavy (non-hydrogen) atoms. The smallest absolute Gasteiger partial charge is 0.410 e. The van der Waals surface area contributed by atoms with Crippen LogP contribution >= 0.6 is 0 Å². The second-order valence-corrected chi connectivity index (χ2v) is 10.4. The molecule has 1 fully saturated rings. The number of fused-ring (bicyclic) bond motifs is 1. The van der Waals surface area contributed by atoms with Crippen LogP contribution in [0.15, 0.2) is 42.1 Å². The van der Waals surface area contributed by atoms with Crippen LogP contribution in [0.5, 0.6) is 0 Å². The minimum absolute atomic E-state index is 0.0256. The van der Waals surface area contributed by atoms with E-state index in [1.165, 1.54) is 0 Å². The third-order valence-electron chi connectivity index (χ3n) is 6.29. The highest BCUT2D eigenvalue weighted by molar-refractivity contribution is 6.06. The summed E-state index contributed by atoms with van der Waals surface area (Å²) in [6.07, 6.45) is 7.63. The third-order valence-corrected chi connectivity index (χ3v) is 6.29. The first-order valence-electron chi connectivity index (χ1n) is 12.2. The van der Waals surface area contributed by atoms with Crippen LogP contribution in [0.3, 0.4) is 0 Å². The molecule has 3 heterocycles. The number of para-hydroxylation sites is 1. The van der Waals surface area contributed by atoms with Gasteiger partial charge < -0.3 is 19.5 Å². The molecule has 1 aromatic heterocycles. The number of dihydropyridines is 1. The van der Waals surface area contributed by atoms with Gasteiger partial charge in [-0.1, -0.05) is 12.1 Å². The Morgan fingerprint density at radius 2 is 2.03 bits per heavy atom. The molecule has 188 valence electrons. The number of hydrogen-bond donors (Lipinski definition) is 2. The molecule has 2 aromatic rings. The van der Waals surface area contributed by atoms with Crippen molar-refractivity contribution in [3.63, 3.8) is 0 Å². The maximum absolute atomic E-state index is 13.4. The van der Waals surface area contributed by atoms with Gasteiger partial charge in [0.1, 0.15) is 5.60 Å². The molecule has 9 nitrogen and oxygen atoms in total. The summed E-state index contributed by atoms with van der Waals surface area (Å²) >= 11 is 0. The monoisotopic (exact) mass is 480 g/mol. The Labute approximate surface area is 206 Å². The summed E-state index contributed by atoms with van der Waals surface area (Å²) in [5.74, 6) is 6.49. The molecule has 0 aliphatic carbocycles. The lowest BCUT2D eigenvalue weighted by Crippen LogP contribution is -2.43. The van der Waals surface area contributed by atoms with E-state index in [0.29, 0.717) is 24.6 Å². The molecule has 2 aliphatic rings. The summed E-state index contributed by atoms with van der Waals surface area (Å²) in [7, 11) is 0. The van der Waals surface area contributed by atoms with Gasteiger partial charge in [-0.2, -0.15) is 0 Å². The Bertz CT molecular complexity index is 1180. The van der Waals surface area contributed by atoms with Crippen molar-refractivity contribution < 1.29 is 14.3 Å². The third kappa shape index (κ3) is 5.35. The molecule has 0 spiro atoms. The summed E-state index contributed by atoms with van der Waals surface area (Å²) in [5.41, 5.74) is 2.65. The molecule has 2 amide bonds. The zero-order valence-electron chi connectivity index (χ0n) is 21.2. The fraction of sp³-hybridized carbons (Fsp3) is 0.500. The highest BCUT2D eigenvalue weighted by Gasteiger charge is 2.32. The van der Waals surface area contributed by atoms with E-state index in [-0.39, 0.29) is 24.1 Å². The van der Waals surface area contributed by atoms with Crippen molar-refractivity contribution in [3.8, 4) is 0 Å². The Morgan fingerprint density at radius 3 is 2.74 bits per heavy atom. The predicted octanol–water partition coefficient (Wildman–Crippen LogP) is 3.95. The van der Waals surface area contributed by atoms with E-state index in [9.17, 15) is 9.59 Å². The number of carbonyl (C=O) groups is 2. The number of rotatable bonds is 3. The standard InChI is InChI=1S/C26H36N6O3/c1-17-9-8-11-21-22(17)31(20-10-6-7-14-30(16-20)25(34)35-26(3,4)5)24(29-21)32(27)23(33)19-12-13-28-18(2)15-19/h8-9,11-13,15,18,20,28H,6-7,10,14,16,27H2,1-5H3/t18?,20-/m1/s1. The van der Waals surface area contributed by atoms with E-state index in [2.05, 4.69) is 5.32 Å². The maximum Gasteiger partial charge on any atom is 0.410 e. The normalized spacial score (nSPS) is 20.7. The SMILES string of the molecule is Cc1cccc2nc(N(N)C(=O)C3=CC(C)NC=C3)n([C@@H]3CCCCN(C(=O)OC(C)(C)C)C3)c12. The number of imidazole rings is 1. The number of benzene rings is 1. The van der Waals surface area contributed by atoms with Crippen molar-refractivity contribution in [1.82, 2.24) is 19.8 Å². The number of ether oxygens (including phenoxy) is 1. The summed E-state index contributed by atoms with van der Waals surface area (Å²) in [6.45, 7) is 10.7. The van der Waals surface area contributed by atoms with Crippen molar-refractivity contribution in [2.75, 3.05) is 18.1 Å². The number of nitrogens with zero attached hydrogens (tertiary/aromatic N) is 4. The molecule has 1 saturated heterocycles. The van der Waals surface area contributed by atoms with Gasteiger partial charge in [0.2, 0.25) is 5.95 Å². The minimum Gasteiger partial charge on any atom is -0.444 e. The van der Waals surface area contributed by atoms with Gasteiger partial charge in [0.15, 0.2) is 0 Å². The van der Waals surface area contributed by atoms with E-state index in [1.807, 2.05) is 63.5 Å². The first-order chi connectivity index (χ1) is 16.5. The van der Waals surface area contributed by atoms with E-state index < -0.39 is 5.60 Å². The van der Waals surface area contributed by atoms with Crippen LogP contribution in [-0.4, -0.2) is 51.2 Å². The van der Waals surface area contributed by atoms with Crippen molar-refractivity contribution in [1.29, 1.82) is 0 Å². The molecule has 9 heteroatoms. The van der Waals surface area contributed by atoms with Gasteiger partial charge in [-0.25, -0.2) is 20.6 Å². The summed E-state index contributed by atoms with van der Waals surface area (Å²) in [4.78, 5) is 32.8. The lowest BCUT2D eigenvalue weighted by Gasteiger charge is -2.30. The zero-order chi connectivity index (χ0) is 25.3. The summed E-state index contributed by atoms with van der Waals surface area (Å²) in [5, 5.41) is 4.27. The molecule has 0 saturated carbocycles. The Hall–Kier alpha value is -3.33. The second-order valence-electron chi connectivity index (χ2n) is 10.4. The number of amides is 2. The lowest BCUT2D eigenvalue weighted by atomic mass is 10.1. The van der Waals surface area contributed by atoms with Gasteiger partial charge in [0, 0.05) is 24.7 Å². The Kier molecular flexibility index (Phi) is 6.89. The molecule has 1 aromatic carbocycles. The van der Waals surface area contributed by atoms with Crippen molar-refractivity contribution >= 4 is 29.0 Å². The molecule has 2 atom stereocenters. The van der Waals surface area contributed by atoms with E-state index in [0.717, 1.165) is 40.9 Å². The highest BCUT2D eigenvalue weighted by Crippen LogP contribution is 2.33. The topological polar surface area (TPSA) is 106 Å². The quantitative estimate of drug-likeness (QED) is 0.392. The number of hydrogen-bond acceptors (Lipinski definition) is 6. The molecule has 1 unspecified atom stereocenters. The van der Waals surface area contributed by atoms with Gasteiger partial charge in [-0.05, 0) is 83.9 Å². The molecule has 4 rings (SSSR count). The molecule has 0 bridgehead atoms. The summed E-state index contributed by atoms with van der Waals surface area (Å²) < 4.78 is 7.71. The number of carbonyl (C=O) groups excluding carboxylic acids is 2. The first-order valence-corrected chi connectivity index (χ1v) is 12.2. The zero-order valence-corrected chi connectivity index (χ0v) is 21.2. The molecular weight excluding hydrogens is 444 g/mol. The van der Waals surface area contributed by atoms with Crippen molar-refractivity contribution in [2.45, 2.75) is 71.6 Å². The van der Waals surface area contributed by atoms with Gasteiger partial charge in [-0.3, -0.25) is 4.79 Å². The van der Waals surface area contributed by atoms with Crippen LogP contribution in [0.2, 0.25) is 0 Å². The number of likely N-dealkylation sites (tertiary alicyclic amines) is 1. The molecule has 2 aliphatic heterocycles. The average Bonchev–Trinajstić information content (AvgIpc) is 3.01. The van der Waals surface area contributed by atoms with E-state index >= 15 is 0 Å². The Morgan fingerprint density at radius 1 is 1.26 bits per heavy atom. The van der Waals surface area contributed by atoms with Gasteiger partial charge >= 0.3 is 6.09 Å². The largest absolute Gasteiger partial charge is 0.444 e. The molecule has 0 radical (unpaired) electrons. The van der Waals surface area contributed by atoms with Crippen LogP contribution in [0.1, 0.15) is 58.6 Å². The average molecular weight is 481 g/mol. The van der Waals surface area contributed by atoms with Crippen molar-refractivity contribution in [3.05, 3.63) is 47.7 Å². The first kappa shape index (κ1) is 24.8. The van der Waals surface area contributed by atoms with Gasteiger partial charge in [0.25, 0.3) is 5.91 Å². The Balaban J connectivity index is 1.74. The second kappa shape index (κ2) is 9.73. The molecule has 3 N–H and O–H groups in total. The predicted molar refractivity (Wildman–Crippen MR) is 137 cm³/mol. The number of anilines is 1. The van der Waals surface area contributed by atoms with E-state index in [4.69, 9.17) is 15.6 Å². The van der Waals surface area contributed by atoms with E-state index in [1.54, 1.807) is 17.2 Å². The fourth-order valence-corrected chi connectivity index (χ4v) is 4.68. The molecular formula is C26H36N6O3. The maximum atomic E-state index is 13.4. The van der Waals surface area contributed by atoms with Crippen LogP contribution in [0.4, 0.5) is 10.7 Å². The van der Waals surface area contributed by atoms with Gasteiger partial charge in [0.05, 0.1) is 17.1 Å². The number of nitrogens with two attached hydrogens (primary N) is 1. The van der Waals surface area contributed by atoms with Crippen LogP contribution < -0.4 is 16.2 Å². The van der Waals surface area contributed by atoms with Crippen LogP contribution in [0.25, 0.3) is 11.0 Å². The number of aromatic nitrogens is 2. The van der Waals surface area contributed by atoms with Crippen LogP contribution in [0, 0.1) is 6.92 Å². The minimum atomic E-state index is -0.573. The number of aryl methyl sites for hydroxylation is 1. The summed E-state index contributed by atoms with van der Waals surface area (Å²) in [6, 6.07) is 5.81. The van der Waals surface area contributed by atoms with Gasteiger partial charge in [-0.15, -0.1) is 0 Å². The van der Waals surface area contributed by atoms with Crippen molar-refractivity contribution in [2.24, 2.45) is 5.84 Å².